The molecule has 30 heavy (non-hydrogen) atoms. The molecule has 0 bridgehead atoms. The molecule has 0 aromatic heterocycles. The molecule has 4 nitrogen and oxygen atoms in total. The lowest BCUT2D eigenvalue weighted by molar-refractivity contribution is -0.156. The van der Waals surface area contributed by atoms with E-state index in [1.54, 1.807) is 6.92 Å². The van der Waals surface area contributed by atoms with Gasteiger partial charge in [-0.1, -0.05) is 81.4 Å². The normalized spacial score (nSPS) is 15.3. The van der Waals surface area contributed by atoms with Gasteiger partial charge in [0, 0.05) is 13.0 Å². The number of hydrogen-bond donors (Lipinski definition) is 1. The van der Waals surface area contributed by atoms with Crippen LogP contribution in [0.2, 0.25) is 5.04 Å². The van der Waals surface area contributed by atoms with Crippen molar-refractivity contribution in [1.82, 2.24) is 0 Å². The fourth-order valence-corrected chi connectivity index (χ4v) is 8.55. The smallest absolute Gasteiger partial charge is 0.357 e. The molecule has 0 fully saturated rings. The molecule has 2 atom stereocenters. The number of carbonyl (C=O) groups is 1. The number of halogens is 2. The maximum absolute atomic E-state index is 14.7. The van der Waals surface area contributed by atoms with Gasteiger partial charge in [-0.3, -0.25) is 0 Å². The molecule has 0 saturated carbocycles. The largest absolute Gasteiger partial charge is 0.463 e. The number of alkyl halides is 2. The van der Waals surface area contributed by atoms with Crippen LogP contribution in [0.25, 0.3) is 0 Å². The minimum Gasteiger partial charge on any atom is -0.463 e. The van der Waals surface area contributed by atoms with Crippen LogP contribution in [0.4, 0.5) is 4.39 Å². The first-order valence-corrected chi connectivity index (χ1v) is 12.8. The first kappa shape index (κ1) is 24.7. The predicted octanol–water partition coefficient (Wildman–Crippen LogP) is 3.94. The first-order valence-electron chi connectivity index (χ1n) is 10.1. The number of rotatable bonds is 9. The second kappa shape index (κ2) is 10.2. The van der Waals surface area contributed by atoms with E-state index >= 15 is 0 Å². The van der Waals surface area contributed by atoms with E-state index in [1.165, 1.54) is 0 Å². The van der Waals surface area contributed by atoms with Gasteiger partial charge in [-0.05, 0) is 38.3 Å². The van der Waals surface area contributed by atoms with Gasteiger partial charge in [0.2, 0.25) is 0 Å². The Morgan fingerprint density at radius 1 is 1.07 bits per heavy atom. The Hall–Kier alpha value is -1.54. The van der Waals surface area contributed by atoms with E-state index in [0.29, 0.717) is 0 Å². The highest BCUT2D eigenvalue weighted by atomic mass is 79.9. The van der Waals surface area contributed by atoms with Crippen LogP contribution in [0.5, 0.6) is 0 Å². The van der Waals surface area contributed by atoms with Crippen molar-refractivity contribution in [2.24, 2.45) is 0 Å². The van der Waals surface area contributed by atoms with E-state index < -0.39 is 25.0 Å². The Labute approximate surface area is 187 Å². The van der Waals surface area contributed by atoms with Crippen molar-refractivity contribution in [1.29, 1.82) is 0 Å². The van der Waals surface area contributed by atoms with Gasteiger partial charge in [0.05, 0.1) is 6.61 Å². The Balaban J connectivity index is 2.35. The molecule has 2 rings (SSSR count). The third-order valence-corrected chi connectivity index (χ3v) is 11.0. The third-order valence-electron chi connectivity index (χ3n) is 5.09. The lowest BCUT2D eigenvalue weighted by Crippen LogP contribution is -2.66. The lowest BCUT2D eigenvalue weighted by atomic mass is 10.1. The average Bonchev–Trinajstić information content (AvgIpc) is 2.71. The zero-order valence-electron chi connectivity index (χ0n) is 17.9. The average molecular weight is 497 g/mol. The van der Waals surface area contributed by atoms with Crippen molar-refractivity contribution in [2.45, 2.75) is 49.8 Å². The number of aliphatic hydroxyl groups excluding tert-OH is 1. The molecule has 164 valence electrons. The molecule has 0 amide bonds. The topological polar surface area (TPSA) is 55.8 Å². The van der Waals surface area contributed by atoms with Gasteiger partial charge in [0.1, 0.15) is 6.10 Å². The number of aliphatic hydroxyl groups is 1. The molecule has 0 aliphatic heterocycles. The summed E-state index contributed by atoms with van der Waals surface area (Å²) in [5.41, 5.74) is 0. The van der Waals surface area contributed by atoms with Gasteiger partial charge >= 0.3 is 5.97 Å². The molecule has 0 aliphatic carbocycles. The standard InChI is InChI=1S/C23H30BrFO4Si/c1-5-28-21(27)23(24,25)20(26)16-17-29-30(22(2,3)4,18-12-8-6-9-13-18)19-14-10-7-11-15-19/h6-15,20,26H,5,16-17H2,1-4H3/t20-,23-/m1/s1. The SMILES string of the molecule is CCOC(=O)[C@@](F)(Br)[C@H](O)CCO[Si](c1ccccc1)(c1ccccc1)C(C)(C)C. The molecule has 0 radical (unpaired) electrons. The van der Waals surface area contributed by atoms with Crippen molar-refractivity contribution in [3.8, 4) is 0 Å². The molecular weight excluding hydrogens is 467 g/mol. The fourth-order valence-electron chi connectivity index (χ4n) is 3.63. The zero-order valence-corrected chi connectivity index (χ0v) is 20.5. The molecule has 2 aromatic rings. The van der Waals surface area contributed by atoms with Crippen LogP contribution < -0.4 is 10.4 Å². The first-order chi connectivity index (χ1) is 14.1. The number of carbonyl (C=O) groups excluding carboxylic acids is 1. The predicted molar refractivity (Wildman–Crippen MR) is 124 cm³/mol. The number of ether oxygens (including phenoxy) is 1. The highest BCUT2D eigenvalue weighted by Gasteiger charge is 2.51. The summed E-state index contributed by atoms with van der Waals surface area (Å²) in [6, 6.07) is 20.1. The number of benzene rings is 2. The maximum Gasteiger partial charge on any atom is 0.357 e. The van der Waals surface area contributed by atoms with Crippen molar-refractivity contribution >= 4 is 40.6 Å². The van der Waals surface area contributed by atoms with Crippen LogP contribution in [0, 0.1) is 0 Å². The van der Waals surface area contributed by atoms with Gasteiger partial charge in [0.15, 0.2) is 0 Å². The summed E-state index contributed by atoms with van der Waals surface area (Å²) >= 11 is 2.69. The summed E-state index contributed by atoms with van der Waals surface area (Å²) < 4.78 is 23.4. The van der Waals surface area contributed by atoms with E-state index in [-0.39, 0.29) is 24.7 Å². The Morgan fingerprint density at radius 2 is 1.53 bits per heavy atom. The van der Waals surface area contributed by atoms with Crippen molar-refractivity contribution in [2.75, 3.05) is 13.2 Å². The van der Waals surface area contributed by atoms with Gasteiger partial charge in [0.25, 0.3) is 12.9 Å². The summed E-state index contributed by atoms with van der Waals surface area (Å²) in [6.07, 6.45) is -1.67. The van der Waals surface area contributed by atoms with E-state index in [9.17, 15) is 14.3 Å². The van der Waals surface area contributed by atoms with Gasteiger partial charge in [-0.25, -0.2) is 9.18 Å². The minimum absolute atomic E-state index is 0.0292. The Bertz CT molecular complexity index is 769. The molecule has 1 N–H and O–H groups in total. The highest BCUT2D eigenvalue weighted by Crippen LogP contribution is 2.37. The summed E-state index contributed by atoms with van der Waals surface area (Å²) in [5, 5.41) is 12.3. The van der Waals surface area contributed by atoms with E-state index in [4.69, 9.17) is 9.16 Å². The monoisotopic (exact) mass is 496 g/mol. The van der Waals surface area contributed by atoms with Crippen LogP contribution in [0.15, 0.2) is 60.7 Å². The summed E-state index contributed by atoms with van der Waals surface area (Å²) in [4.78, 5) is 11.8. The van der Waals surface area contributed by atoms with Crippen LogP contribution >= 0.6 is 15.9 Å². The minimum atomic E-state index is -2.78. The third kappa shape index (κ3) is 5.19. The Kier molecular flexibility index (Phi) is 8.39. The maximum atomic E-state index is 14.7. The molecule has 0 heterocycles. The Morgan fingerprint density at radius 3 is 1.93 bits per heavy atom. The quantitative estimate of drug-likeness (QED) is 0.324. The van der Waals surface area contributed by atoms with Crippen LogP contribution in [-0.2, 0) is 14.0 Å². The van der Waals surface area contributed by atoms with Crippen molar-refractivity contribution < 1.29 is 23.5 Å². The van der Waals surface area contributed by atoms with E-state index in [1.807, 2.05) is 36.4 Å². The highest BCUT2D eigenvalue weighted by molar-refractivity contribution is 9.10. The molecule has 0 saturated heterocycles. The zero-order chi connectivity index (χ0) is 22.4. The number of esters is 1. The second-order valence-corrected chi connectivity index (χ2v) is 13.6. The van der Waals surface area contributed by atoms with Crippen LogP contribution in [0.3, 0.4) is 0 Å². The molecule has 0 spiro atoms. The van der Waals surface area contributed by atoms with E-state index in [0.717, 1.165) is 10.4 Å². The summed E-state index contributed by atoms with van der Waals surface area (Å²) in [5.74, 6) is -1.14. The van der Waals surface area contributed by atoms with Crippen LogP contribution in [0.1, 0.15) is 34.1 Å². The lowest BCUT2D eigenvalue weighted by Gasteiger charge is -2.43. The second-order valence-electron chi connectivity index (χ2n) is 8.16. The van der Waals surface area contributed by atoms with Crippen LogP contribution in [-0.4, -0.2) is 43.3 Å². The van der Waals surface area contributed by atoms with E-state index in [2.05, 4.69) is 61.0 Å². The fraction of sp³-hybridized carbons (Fsp3) is 0.435. The van der Waals surface area contributed by atoms with Gasteiger partial charge < -0.3 is 14.3 Å². The summed E-state index contributed by atoms with van der Waals surface area (Å²) in [6.45, 7) is 8.11. The molecule has 2 aromatic carbocycles. The molecular formula is C23H30BrFO4Si. The molecule has 7 heteroatoms. The van der Waals surface area contributed by atoms with Crippen molar-refractivity contribution in [3.63, 3.8) is 0 Å². The van der Waals surface area contributed by atoms with Crippen molar-refractivity contribution in [3.05, 3.63) is 60.7 Å². The van der Waals surface area contributed by atoms with Gasteiger partial charge in [-0.2, -0.15) is 0 Å². The van der Waals surface area contributed by atoms with Gasteiger partial charge in [-0.15, -0.1) is 0 Å². The summed E-state index contributed by atoms with van der Waals surface area (Å²) in [7, 11) is -2.78. The number of hydrogen-bond acceptors (Lipinski definition) is 4. The molecule has 0 aliphatic rings. The molecule has 0 unspecified atom stereocenters.